The second-order valence-corrected chi connectivity index (χ2v) is 7.34. The number of anilines is 1. The summed E-state index contributed by atoms with van der Waals surface area (Å²) in [5.41, 5.74) is 4.89. The average molecular weight is 411 g/mol. The molecule has 6 nitrogen and oxygen atoms in total. The van der Waals surface area contributed by atoms with Gasteiger partial charge in [-0.1, -0.05) is 55.5 Å². The van der Waals surface area contributed by atoms with Crippen LogP contribution in [0.1, 0.15) is 28.4 Å². The molecule has 0 unspecified atom stereocenters. The number of nitrogens with zero attached hydrogens (tertiary/aromatic N) is 2. The van der Waals surface area contributed by atoms with Crippen LogP contribution in [0.3, 0.4) is 0 Å². The highest BCUT2D eigenvalue weighted by molar-refractivity contribution is 6.13. The Balaban J connectivity index is 1.76. The number of carbonyl (C=O) groups is 1. The van der Waals surface area contributed by atoms with Gasteiger partial charge < -0.3 is 5.32 Å². The van der Waals surface area contributed by atoms with E-state index in [4.69, 9.17) is 4.98 Å². The number of amides is 1. The highest BCUT2D eigenvalue weighted by Gasteiger charge is 2.16. The third-order valence-corrected chi connectivity index (χ3v) is 5.28. The van der Waals surface area contributed by atoms with Crippen molar-refractivity contribution in [3.05, 3.63) is 99.6 Å². The Morgan fingerprint density at radius 1 is 1.03 bits per heavy atom. The number of carbonyl (C=O) groups excluding carboxylic acids is 1. The van der Waals surface area contributed by atoms with Gasteiger partial charge in [-0.2, -0.15) is 0 Å². The molecular formula is C25H21N3O3. The summed E-state index contributed by atoms with van der Waals surface area (Å²) in [6.45, 7) is 3.76. The fourth-order valence-electron chi connectivity index (χ4n) is 3.50. The molecule has 0 atom stereocenters. The lowest BCUT2D eigenvalue weighted by molar-refractivity contribution is -0.385. The number of aromatic nitrogens is 1. The lowest BCUT2D eigenvalue weighted by atomic mass is 10.0. The number of fused-ring (bicyclic) bond motifs is 1. The number of para-hydroxylation sites is 1. The summed E-state index contributed by atoms with van der Waals surface area (Å²) in [7, 11) is 0. The van der Waals surface area contributed by atoms with E-state index in [0.717, 1.165) is 17.4 Å². The second kappa shape index (κ2) is 8.36. The molecule has 1 N–H and O–H groups in total. The molecule has 4 aromatic rings. The molecule has 0 aliphatic carbocycles. The predicted molar refractivity (Wildman–Crippen MR) is 122 cm³/mol. The molecule has 31 heavy (non-hydrogen) atoms. The molecule has 0 spiro atoms. The molecule has 0 bridgehead atoms. The summed E-state index contributed by atoms with van der Waals surface area (Å²) < 4.78 is 0. The Morgan fingerprint density at radius 2 is 1.77 bits per heavy atom. The molecule has 1 heterocycles. The minimum atomic E-state index is -0.453. The SMILES string of the molecule is CCc1ccc(-c2cc(C(=O)Nc3ccc(C)c([N+](=O)[O-])c3)c3ccccc3n2)cc1. The number of nitro benzene ring substituents is 1. The van der Waals surface area contributed by atoms with Crippen molar-refractivity contribution in [2.75, 3.05) is 5.32 Å². The van der Waals surface area contributed by atoms with Crippen LogP contribution in [0.25, 0.3) is 22.2 Å². The molecule has 4 rings (SSSR count). The van der Waals surface area contributed by atoms with Gasteiger partial charge in [-0.3, -0.25) is 14.9 Å². The first-order valence-corrected chi connectivity index (χ1v) is 10.0. The highest BCUT2D eigenvalue weighted by atomic mass is 16.6. The molecule has 0 radical (unpaired) electrons. The fourth-order valence-corrected chi connectivity index (χ4v) is 3.50. The van der Waals surface area contributed by atoms with Crippen molar-refractivity contribution in [3.63, 3.8) is 0 Å². The second-order valence-electron chi connectivity index (χ2n) is 7.34. The van der Waals surface area contributed by atoms with Crippen LogP contribution in [0.2, 0.25) is 0 Å². The monoisotopic (exact) mass is 411 g/mol. The van der Waals surface area contributed by atoms with Gasteiger partial charge in [0.05, 0.1) is 21.7 Å². The van der Waals surface area contributed by atoms with Gasteiger partial charge in [-0.25, -0.2) is 4.98 Å². The summed E-state index contributed by atoms with van der Waals surface area (Å²) in [6, 6.07) is 22.0. The molecule has 6 heteroatoms. The zero-order valence-corrected chi connectivity index (χ0v) is 17.3. The molecule has 0 fully saturated rings. The van der Waals surface area contributed by atoms with Gasteiger partial charge in [0.2, 0.25) is 0 Å². The van der Waals surface area contributed by atoms with Crippen LogP contribution in [0, 0.1) is 17.0 Å². The van der Waals surface area contributed by atoms with Crippen LogP contribution in [0.15, 0.2) is 72.8 Å². The van der Waals surface area contributed by atoms with Crippen molar-refractivity contribution < 1.29 is 9.72 Å². The third kappa shape index (κ3) is 4.14. The highest BCUT2D eigenvalue weighted by Crippen LogP contribution is 2.27. The molecule has 1 aromatic heterocycles. The van der Waals surface area contributed by atoms with E-state index >= 15 is 0 Å². The van der Waals surface area contributed by atoms with Gasteiger partial charge in [0.1, 0.15) is 0 Å². The Labute approximate surface area is 179 Å². The summed E-state index contributed by atoms with van der Waals surface area (Å²) in [5, 5.41) is 14.8. The quantitative estimate of drug-likeness (QED) is 0.326. The number of benzene rings is 3. The van der Waals surface area contributed by atoms with Crippen molar-refractivity contribution in [2.45, 2.75) is 20.3 Å². The maximum atomic E-state index is 13.2. The Hall–Kier alpha value is -4.06. The van der Waals surface area contributed by atoms with E-state index < -0.39 is 4.92 Å². The van der Waals surface area contributed by atoms with Crippen LogP contribution >= 0.6 is 0 Å². The summed E-state index contributed by atoms with van der Waals surface area (Å²) in [4.78, 5) is 28.7. The van der Waals surface area contributed by atoms with Crippen molar-refractivity contribution in [1.82, 2.24) is 4.98 Å². The van der Waals surface area contributed by atoms with E-state index in [2.05, 4.69) is 24.4 Å². The third-order valence-electron chi connectivity index (χ3n) is 5.28. The van der Waals surface area contributed by atoms with Crippen LogP contribution in [-0.2, 0) is 6.42 Å². The van der Waals surface area contributed by atoms with Crippen molar-refractivity contribution in [3.8, 4) is 11.3 Å². The Bertz CT molecular complexity index is 1300. The minimum Gasteiger partial charge on any atom is -0.322 e. The van der Waals surface area contributed by atoms with E-state index in [1.54, 1.807) is 25.1 Å². The zero-order valence-electron chi connectivity index (χ0n) is 17.3. The number of pyridine rings is 1. The maximum Gasteiger partial charge on any atom is 0.274 e. The smallest absolute Gasteiger partial charge is 0.274 e. The van der Waals surface area contributed by atoms with Crippen molar-refractivity contribution >= 4 is 28.2 Å². The van der Waals surface area contributed by atoms with Gasteiger partial charge in [0.15, 0.2) is 0 Å². The van der Waals surface area contributed by atoms with Gasteiger partial charge in [-0.05, 0) is 37.1 Å². The largest absolute Gasteiger partial charge is 0.322 e. The van der Waals surface area contributed by atoms with E-state index in [-0.39, 0.29) is 11.6 Å². The van der Waals surface area contributed by atoms with E-state index in [1.165, 1.54) is 11.6 Å². The summed E-state index contributed by atoms with van der Waals surface area (Å²) in [6.07, 6.45) is 0.946. The zero-order chi connectivity index (χ0) is 22.0. The van der Waals surface area contributed by atoms with Gasteiger partial charge in [0.25, 0.3) is 11.6 Å². The molecular weight excluding hydrogens is 390 g/mol. The van der Waals surface area contributed by atoms with E-state index in [9.17, 15) is 14.9 Å². The minimum absolute atomic E-state index is 0.0333. The van der Waals surface area contributed by atoms with Gasteiger partial charge >= 0.3 is 0 Å². The summed E-state index contributed by atoms with van der Waals surface area (Å²) in [5.74, 6) is -0.344. The lowest BCUT2D eigenvalue weighted by Crippen LogP contribution is -2.13. The number of nitro groups is 1. The van der Waals surface area contributed by atoms with E-state index in [1.807, 2.05) is 36.4 Å². The standard InChI is InChI=1S/C25H21N3O3/c1-3-17-9-11-18(12-10-17)23-15-21(20-6-4-5-7-22(20)27-23)25(29)26-19-13-8-16(2)24(14-19)28(30)31/h4-15H,3H2,1-2H3,(H,26,29). The number of rotatable bonds is 5. The first-order chi connectivity index (χ1) is 15.0. The van der Waals surface area contributed by atoms with E-state index in [0.29, 0.717) is 28.0 Å². The molecule has 0 saturated carbocycles. The topological polar surface area (TPSA) is 85.1 Å². The Morgan fingerprint density at radius 3 is 2.48 bits per heavy atom. The molecule has 3 aromatic carbocycles. The Kier molecular flexibility index (Phi) is 5.45. The fraction of sp³-hybridized carbons (Fsp3) is 0.120. The first kappa shape index (κ1) is 20.2. The lowest BCUT2D eigenvalue weighted by Gasteiger charge is -2.11. The predicted octanol–water partition coefficient (Wildman–Crippen LogP) is 5.93. The van der Waals surface area contributed by atoms with Crippen molar-refractivity contribution in [1.29, 1.82) is 0 Å². The van der Waals surface area contributed by atoms with Crippen LogP contribution in [0.4, 0.5) is 11.4 Å². The molecule has 154 valence electrons. The molecule has 0 aliphatic rings. The average Bonchev–Trinajstić information content (AvgIpc) is 2.79. The normalized spacial score (nSPS) is 10.8. The van der Waals surface area contributed by atoms with Gasteiger partial charge in [0, 0.05) is 28.3 Å². The molecule has 0 saturated heterocycles. The first-order valence-electron chi connectivity index (χ1n) is 10.0. The number of nitrogens with one attached hydrogen (secondary N) is 1. The van der Waals surface area contributed by atoms with Crippen LogP contribution < -0.4 is 5.32 Å². The molecule has 0 aliphatic heterocycles. The van der Waals surface area contributed by atoms with Crippen molar-refractivity contribution in [2.24, 2.45) is 0 Å². The number of hydrogen-bond acceptors (Lipinski definition) is 4. The number of aryl methyl sites for hydroxylation is 2. The van der Waals surface area contributed by atoms with Gasteiger partial charge in [-0.15, -0.1) is 0 Å². The summed E-state index contributed by atoms with van der Waals surface area (Å²) >= 11 is 0. The maximum absolute atomic E-state index is 13.2. The van der Waals surface area contributed by atoms with Crippen LogP contribution in [-0.4, -0.2) is 15.8 Å². The van der Waals surface area contributed by atoms with Crippen LogP contribution in [0.5, 0.6) is 0 Å². The number of hydrogen-bond donors (Lipinski definition) is 1. The molecule has 1 amide bonds.